The summed E-state index contributed by atoms with van der Waals surface area (Å²) in [4.78, 5) is 21.5. The number of hydrogen-bond acceptors (Lipinski definition) is 3. The van der Waals surface area contributed by atoms with Crippen LogP contribution in [-0.4, -0.2) is 17.9 Å². The Morgan fingerprint density at radius 2 is 2.33 bits per heavy atom. The second-order valence-corrected chi connectivity index (χ2v) is 3.08. The van der Waals surface area contributed by atoms with Crippen LogP contribution in [0.1, 0.15) is 20.3 Å². The van der Waals surface area contributed by atoms with E-state index in [4.69, 9.17) is 4.74 Å². The molecule has 1 rings (SSSR count). The lowest BCUT2D eigenvalue weighted by Crippen LogP contribution is -2.27. The summed E-state index contributed by atoms with van der Waals surface area (Å²) in [6.45, 7) is 3.27. The summed E-state index contributed by atoms with van der Waals surface area (Å²) in [6.07, 6.45) is 3.38. The van der Waals surface area contributed by atoms with Gasteiger partial charge in [-0.3, -0.25) is 9.59 Å². The molecule has 0 radical (unpaired) electrons. The van der Waals surface area contributed by atoms with E-state index in [1.54, 1.807) is 6.08 Å². The third-order valence-corrected chi connectivity index (χ3v) is 1.86. The van der Waals surface area contributed by atoms with Gasteiger partial charge in [-0.1, -0.05) is 6.92 Å². The van der Waals surface area contributed by atoms with Crippen LogP contribution in [0.5, 0.6) is 0 Å². The molecule has 0 bridgehead atoms. The van der Waals surface area contributed by atoms with Crippen LogP contribution in [0.3, 0.4) is 0 Å². The lowest BCUT2D eigenvalue weighted by molar-refractivity contribution is -0.147. The Kier molecular flexibility index (Phi) is 2.63. The molecule has 0 saturated heterocycles. The van der Waals surface area contributed by atoms with E-state index in [1.807, 2.05) is 6.92 Å². The maximum Gasteiger partial charge on any atom is 0.303 e. The first-order valence-corrected chi connectivity index (χ1v) is 3.98. The van der Waals surface area contributed by atoms with Crippen LogP contribution >= 0.6 is 0 Å². The maximum atomic E-state index is 10.9. The molecule has 0 aromatic heterocycles. The fourth-order valence-corrected chi connectivity index (χ4v) is 1.24. The highest BCUT2D eigenvalue weighted by Gasteiger charge is 2.23. The Balaban J connectivity index is 2.60. The number of allylic oxidation sites excluding steroid dienone is 1. The van der Waals surface area contributed by atoms with Crippen LogP contribution in [0, 0.1) is 5.92 Å². The molecule has 2 atom stereocenters. The molecule has 0 fully saturated rings. The van der Waals surface area contributed by atoms with Crippen molar-refractivity contribution in [3.8, 4) is 0 Å². The van der Waals surface area contributed by atoms with Gasteiger partial charge in [0.25, 0.3) is 0 Å². The lowest BCUT2D eigenvalue weighted by atomic mass is 9.93. The predicted molar refractivity (Wildman–Crippen MR) is 43.5 cm³/mol. The number of hydrogen-bond donors (Lipinski definition) is 0. The molecule has 12 heavy (non-hydrogen) atoms. The highest BCUT2D eigenvalue weighted by molar-refractivity contribution is 5.90. The van der Waals surface area contributed by atoms with Crippen LogP contribution in [0.2, 0.25) is 0 Å². The molecule has 0 saturated carbocycles. The monoisotopic (exact) mass is 168 g/mol. The van der Waals surface area contributed by atoms with Crippen LogP contribution in [0.25, 0.3) is 0 Å². The summed E-state index contributed by atoms with van der Waals surface area (Å²) in [5, 5.41) is 0. The van der Waals surface area contributed by atoms with Gasteiger partial charge >= 0.3 is 5.97 Å². The van der Waals surface area contributed by atoms with Gasteiger partial charge in [0.15, 0.2) is 5.78 Å². The van der Waals surface area contributed by atoms with Gasteiger partial charge in [0, 0.05) is 19.3 Å². The average molecular weight is 168 g/mol. The van der Waals surface area contributed by atoms with Gasteiger partial charge in [0.05, 0.1) is 0 Å². The molecule has 66 valence electrons. The molecule has 1 aliphatic carbocycles. The minimum absolute atomic E-state index is 0.103. The molecule has 0 amide bonds. The van der Waals surface area contributed by atoms with E-state index in [2.05, 4.69) is 0 Å². The molecular weight excluding hydrogens is 156 g/mol. The summed E-state index contributed by atoms with van der Waals surface area (Å²) in [6, 6.07) is 0. The van der Waals surface area contributed by atoms with Gasteiger partial charge in [-0.15, -0.1) is 0 Å². The van der Waals surface area contributed by atoms with Gasteiger partial charge in [-0.2, -0.15) is 0 Å². The molecule has 0 N–H and O–H groups in total. The van der Waals surface area contributed by atoms with Crippen LogP contribution < -0.4 is 0 Å². The molecule has 0 unspecified atom stereocenters. The molecule has 0 aromatic rings. The molecule has 0 heterocycles. The van der Waals surface area contributed by atoms with Crippen molar-refractivity contribution in [1.29, 1.82) is 0 Å². The van der Waals surface area contributed by atoms with Crippen molar-refractivity contribution >= 4 is 11.8 Å². The fraction of sp³-hybridized carbons (Fsp3) is 0.556. The van der Waals surface area contributed by atoms with Crippen molar-refractivity contribution in [3.63, 3.8) is 0 Å². The van der Waals surface area contributed by atoms with E-state index in [0.29, 0.717) is 6.42 Å². The van der Waals surface area contributed by atoms with Crippen molar-refractivity contribution in [2.24, 2.45) is 5.92 Å². The third-order valence-electron chi connectivity index (χ3n) is 1.86. The molecule has 3 nitrogen and oxygen atoms in total. The van der Waals surface area contributed by atoms with E-state index in [1.165, 1.54) is 13.0 Å². The van der Waals surface area contributed by atoms with E-state index in [9.17, 15) is 9.59 Å². The van der Waals surface area contributed by atoms with Gasteiger partial charge in [-0.25, -0.2) is 0 Å². The lowest BCUT2D eigenvalue weighted by Gasteiger charge is -2.22. The zero-order valence-electron chi connectivity index (χ0n) is 7.24. The highest BCUT2D eigenvalue weighted by Crippen LogP contribution is 2.18. The number of rotatable bonds is 1. The van der Waals surface area contributed by atoms with E-state index in [-0.39, 0.29) is 23.8 Å². The van der Waals surface area contributed by atoms with Crippen molar-refractivity contribution in [2.75, 3.05) is 0 Å². The summed E-state index contributed by atoms with van der Waals surface area (Å²) in [5.74, 6) is -0.0943. The van der Waals surface area contributed by atoms with Crippen LogP contribution in [0.15, 0.2) is 12.2 Å². The van der Waals surface area contributed by atoms with Gasteiger partial charge in [-0.05, 0) is 12.2 Å². The summed E-state index contributed by atoms with van der Waals surface area (Å²) >= 11 is 0. The minimum atomic E-state index is -0.300. The van der Waals surface area contributed by atoms with Gasteiger partial charge < -0.3 is 4.74 Å². The Morgan fingerprint density at radius 1 is 1.67 bits per heavy atom. The normalized spacial score (nSPS) is 28.7. The molecule has 0 aromatic carbocycles. The first-order chi connectivity index (χ1) is 5.59. The van der Waals surface area contributed by atoms with Crippen molar-refractivity contribution in [3.05, 3.63) is 12.2 Å². The Morgan fingerprint density at radius 3 is 2.83 bits per heavy atom. The number of ether oxygens (including phenoxy) is 1. The van der Waals surface area contributed by atoms with E-state index < -0.39 is 0 Å². The molecule has 1 aliphatic rings. The standard InChI is InChI=1S/C9H12O3/c1-6-5-8(11)3-4-9(6)12-7(2)10/h3-4,6,9H,5H2,1-2H3/t6-,9+/m1/s1. The zero-order chi connectivity index (χ0) is 9.14. The number of ketones is 1. The smallest absolute Gasteiger partial charge is 0.303 e. The Hall–Kier alpha value is -1.12. The second kappa shape index (κ2) is 3.52. The summed E-state index contributed by atoms with van der Waals surface area (Å²) in [5.41, 5.74) is 0. The molecule has 3 heteroatoms. The third kappa shape index (κ3) is 2.19. The fourth-order valence-electron chi connectivity index (χ4n) is 1.24. The second-order valence-electron chi connectivity index (χ2n) is 3.08. The molecule has 0 aliphatic heterocycles. The Bertz CT molecular complexity index is 230. The van der Waals surface area contributed by atoms with Gasteiger partial charge in [0.2, 0.25) is 0 Å². The largest absolute Gasteiger partial charge is 0.458 e. The molecular formula is C9H12O3. The predicted octanol–water partition coefficient (Wildman–Crippen LogP) is 1.08. The first kappa shape index (κ1) is 8.97. The Labute approximate surface area is 71.4 Å². The van der Waals surface area contributed by atoms with E-state index >= 15 is 0 Å². The summed E-state index contributed by atoms with van der Waals surface area (Å²) < 4.78 is 4.97. The highest BCUT2D eigenvalue weighted by atomic mass is 16.5. The summed E-state index contributed by atoms with van der Waals surface area (Å²) in [7, 11) is 0. The number of esters is 1. The maximum absolute atomic E-state index is 10.9. The first-order valence-electron chi connectivity index (χ1n) is 3.98. The van der Waals surface area contributed by atoms with Crippen LogP contribution in [0.4, 0.5) is 0 Å². The number of carbonyl (C=O) groups is 2. The van der Waals surface area contributed by atoms with Crippen LogP contribution in [-0.2, 0) is 14.3 Å². The van der Waals surface area contributed by atoms with Crippen molar-refractivity contribution in [2.45, 2.75) is 26.4 Å². The average Bonchev–Trinajstić information content (AvgIpc) is 1.94. The topological polar surface area (TPSA) is 43.4 Å². The van der Waals surface area contributed by atoms with Crippen molar-refractivity contribution in [1.82, 2.24) is 0 Å². The quantitative estimate of drug-likeness (QED) is 0.550. The molecule has 0 spiro atoms. The SMILES string of the molecule is CC(=O)O[C@H]1C=CC(=O)C[C@H]1C. The zero-order valence-corrected chi connectivity index (χ0v) is 7.24. The van der Waals surface area contributed by atoms with Crippen molar-refractivity contribution < 1.29 is 14.3 Å². The van der Waals surface area contributed by atoms with E-state index in [0.717, 1.165) is 0 Å². The minimum Gasteiger partial charge on any atom is -0.458 e. The number of carbonyl (C=O) groups excluding carboxylic acids is 2. The van der Waals surface area contributed by atoms with Gasteiger partial charge in [0.1, 0.15) is 6.10 Å².